The lowest BCUT2D eigenvalue weighted by atomic mass is 10.0. The molecule has 0 radical (unpaired) electrons. The molecule has 0 bridgehead atoms. The van der Waals surface area contributed by atoms with E-state index in [1.165, 1.54) is 16.0 Å². The highest BCUT2D eigenvalue weighted by molar-refractivity contribution is 7.97. The number of amidine groups is 1. The van der Waals surface area contributed by atoms with E-state index in [1.807, 2.05) is 92.7 Å². The van der Waals surface area contributed by atoms with Gasteiger partial charge in [0, 0.05) is 49.3 Å². The Balaban J connectivity index is -0.000000511. The molecule has 0 aliphatic carbocycles. The van der Waals surface area contributed by atoms with Crippen LogP contribution in [0.15, 0.2) is 96.1 Å². The van der Waals surface area contributed by atoms with Crippen molar-refractivity contribution in [2.24, 2.45) is 17.4 Å². The maximum absolute atomic E-state index is 9.00. The van der Waals surface area contributed by atoms with Gasteiger partial charge < -0.3 is 26.2 Å². The van der Waals surface area contributed by atoms with Gasteiger partial charge in [0.2, 0.25) is 0 Å². The average Bonchev–Trinajstić information content (AvgIpc) is 3.16. The number of nitrogens with two attached hydrogens (primary N) is 2. The number of nitrogen functional groups attached to an aromatic ring is 1. The molecule has 0 aromatic heterocycles. The molecule has 9 heteroatoms. The standard InChI is InChI=1S/C29H47N3OS.C8H10N2.C2H4O2.3C2H6/c1-7-12-28(33-9-3)15-10-13-25(5)27-14-11-16-29(22-27)34-31-23-26(6)32(20-8-2)21-18-24(4)17-19-30;1-6-3-2-4-7(5-6)8(9)10;1-2(3)4;3*1-2/h7,10-16,22,24,28,31H,6,8-9,17-21,23,30H2,1-5H3;2-5H,1H3,(H3,9,10);1H3,(H,3,4);3*1-2H3/b12-7-,15-10?,25-13+;;;;;. The van der Waals surface area contributed by atoms with Gasteiger partial charge >= 0.3 is 0 Å². The summed E-state index contributed by atoms with van der Waals surface area (Å²) < 4.78 is 9.20. The van der Waals surface area contributed by atoms with E-state index in [0.717, 1.165) is 69.2 Å². The lowest BCUT2D eigenvalue weighted by molar-refractivity contribution is -0.134. The Kier molecular flexibility index (Phi) is 42.9. The van der Waals surface area contributed by atoms with Crippen LogP contribution in [0.25, 0.3) is 5.57 Å². The monoisotopic (exact) mass is 770 g/mol. The zero-order valence-corrected chi connectivity index (χ0v) is 37.1. The minimum atomic E-state index is -0.833. The number of allylic oxidation sites excluding steroid dienone is 4. The van der Waals surface area contributed by atoms with Crippen molar-refractivity contribution in [3.05, 3.63) is 108 Å². The fourth-order valence-electron chi connectivity index (χ4n) is 4.40. The molecule has 0 spiro atoms. The number of nitrogens with zero attached hydrogens (tertiary/aromatic N) is 1. The van der Waals surface area contributed by atoms with Gasteiger partial charge in [-0.2, -0.15) is 0 Å². The smallest absolute Gasteiger partial charge is 0.300 e. The van der Waals surface area contributed by atoms with Gasteiger partial charge in [0.25, 0.3) is 5.97 Å². The molecule has 0 aliphatic rings. The van der Waals surface area contributed by atoms with Gasteiger partial charge in [-0.05, 0) is 101 Å². The normalized spacial score (nSPS) is 11.4. The number of aryl methyl sites for hydroxylation is 1. The SMILES string of the molecule is C=C(CNSc1cccc(/C(C)=C/C=CC(/C=C\C)OCC)c1)N(CCC)CCC(C)CCN.CC.CC.CC.CC(=O)O.Cc1cccc(C(=N)N)c1. The molecule has 0 saturated heterocycles. The van der Waals surface area contributed by atoms with Gasteiger partial charge in [-0.25, -0.2) is 0 Å². The number of hydrogen-bond donors (Lipinski definition) is 5. The van der Waals surface area contributed by atoms with Crippen LogP contribution in [0.2, 0.25) is 0 Å². The highest BCUT2D eigenvalue weighted by Gasteiger charge is 2.10. The number of rotatable bonds is 19. The van der Waals surface area contributed by atoms with E-state index in [1.54, 1.807) is 11.9 Å². The largest absolute Gasteiger partial charge is 0.481 e. The van der Waals surface area contributed by atoms with Crippen LogP contribution in [0, 0.1) is 18.3 Å². The van der Waals surface area contributed by atoms with Crippen molar-refractivity contribution in [1.29, 1.82) is 5.41 Å². The molecule has 7 N–H and O–H groups in total. The Bertz CT molecular complexity index is 1310. The predicted molar refractivity (Wildman–Crippen MR) is 241 cm³/mol. The fraction of sp³-hybridized carbons (Fsp3) is 0.511. The first kappa shape index (κ1) is 57.1. The summed E-state index contributed by atoms with van der Waals surface area (Å²) in [4.78, 5) is 12.6. The molecule has 54 heavy (non-hydrogen) atoms. The fourth-order valence-corrected chi connectivity index (χ4v) is 5.14. The second-order valence-corrected chi connectivity index (χ2v) is 12.4. The minimum absolute atomic E-state index is 0.0226. The van der Waals surface area contributed by atoms with Gasteiger partial charge in [-0.15, -0.1) is 0 Å². The molecule has 2 atom stereocenters. The molecular formula is C45H79N5O3S. The van der Waals surface area contributed by atoms with E-state index in [-0.39, 0.29) is 11.9 Å². The number of carboxylic acids is 1. The number of carboxylic acid groups (broad SMARTS) is 1. The molecule has 308 valence electrons. The van der Waals surface area contributed by atoms with Crippen LogP contribution in [-0.2, 0) is 9.53 Å². The van der Waals surface area contributed by atoms with Gasteiger partial charge in [-0.3, -0.25) is 14.9 Å². The lowest BCUT2D eigenvalue weighted by Gasteiger charge is -2.28. The van der Waals surface area contributed by atoms with Gasteiger partial charge in [0.05, 0.1) is 6.10 Å². The third kappa shape index (κ3) is 33.0. The van der Waals surface area contributed by atoms with Crippen LogP contribution < -0.4 is 16.2 Å². The van der Waals surface area contributed by atoms with Gasteiger partial charge in [0.15, 0.2) is 0 Å². The summed E-state index contributed by atoms with van der Waals surface area (Å²) in [6.07, 6.45) is 13.8. The van der Waals surface area contributed by atoms with Crippen molar-refractivity contribution < 1.29 is 14.6 Å². The van der Waals surface area contributed by atoms with Crippen molar-refractivity contribution in [3.8, 4) is 0 Å². The molecule has 0 fully saturated rings. The van der Waals surface area contributed by atoms with E-state index in [2.05, 4.69) is 85.5 Å². The van der Waals surface area contributed by atoms with E-state index in [0.29, 0.717) is 12.5 Å². The van der Waals surface area contributed by atoms with Crippen molar-refractivity contribution in [2.45, 2.75) is 120 Å². The molecule has 2 aromatic rings. The Labute approximate surface area is 336 Å². The maximum Gasteiger partial charge on any atom is 0.300 e. The van der Waals surface area contributed by atoms with Crippen LogP contribution in [-0.4, -0.2) is 60.7 Å². The average molecular weight is 770 g/mol. The summed E-state index contributed by atoms with van der Waals surface area (Å²) in [5.74, 6) is -0.0507. The summed E-state index contributed by atoms with van der Waals surface area (Å²) in [7, 11) is 0. The van der Waals surface area contributed by atoms with Crippen LogP contribution in [0.1, 0.15) is 119 Å². The van der Waals surface area contributed by atoms with E-state index in [9.17, 15) is 0 Å². The topological polar surface area (TPSA) is 138 Å². The van der Waals surface area contributed by atoms with E-state index in [4.69, 9.17) is 31.5 Å². The molecule has 0 saturated carbocycles. The Morgan fingerprint density at radius 2 is 1.59 bits per heavy atom. The first-order valence-electron chi connectivity index (χ1n) is 19.7. The molecule has 2 rings (SSSR count). The molecule has 2 aromatic carbocycles. The van der Waals surface area contributed by atoms with Crippen molar-refractivity contribution >= 4 is 29.3 Å². The summed E-state index contributed by atoms with van der Waals surface area (Å²) in [5.41, 5.74) is 16.5. The van der Waals surface area contributed by atoms with Crippen molar-refractivity contribution in [1.82, 2.24) is 9.62 Å². The van der Waals surface area contributed by atoms with Crippen LogP contribution >= 0.6 is 11.9 Å². The minimum Gasteiger partial charge on any atom is -0.481 e. The second kappa shape index (κ2) is 40.6. The molecule has 2 unspecified atom stereocenters. The summed E-state index contributed by atoms with van der Waals surface area (Å²) in [6.45, 7) is 34.4. The number of aliphatic carboxylic acids is 1. The third-order valence-electron chi connectivity index (χ3n) is 6.96. The second-order valence-electron chi connectivity index (χ2n) is 11.5. The van der Waals surface area contributed by atoms with Crippen LogP contribution in [0.3, 0.4) is 0 Å². The number of hydrogen-bond acceptors (Lipinski definition) is 7. The Morgan fingerprint density at radius 3 is 2.09 bits per heavy atom. The number of ether oxygens (including phenoxy) is 1. The van der Waals surface area contributed by atoms with E-state index < -0.39 is 5.97 Å². The highest BCUT2D eigenvalue weighted by atomic mass is 32.2. The molecule has 8 nitrogen and oxygen atoms in total. The third-order valence-corrected chi connectivity index (χ3v) is 7.74. The van der Waals surface area contributed by atoms with Gasteiger partial charge in [0.1, 0.15) is 5.84 Å². The first-order chi connectivity index (χ1) is 25.9. The molecule has 0 aliphatic heterocycles. The Hall–Kier alpha value is -3.63. The maximum atomic E-state index is 9.00. The summed E-state index contributed by atoms with van der Waals surface area (Å²) in [6, 6.07) is 16.2. The lowest BCUT2D eigenvalue weighted by Crippen LogP contribution is -2.30. The first-order valence-corrected chi connectivity index (χ1v) is 20.5. The molecular weight excluding hydrogens is 691 g/mol. The predicted octanol–water partition coefficient (Wildman–Crippen LogP) is 11.3. The number of carbonyl (C=O) groups is 1. The quantitative estimate of drug-likeness (QED) is 0.0313. The highest BCUT2D eigenvalue weighted by Crippen LogP contribution is 2.22. The summed E-state index contributed by atoms with van der Waals surface area (Å²) in [5, 5.41) is 14.5. The summed E-state index contributed by atoms with van der Waals surface area (Å²) >= 11 is 1.66. The van der Waals surface area contributed by atoms with E-state index >= 15 is 0 Å². The Morgan fingerprint density at radius 1 is 1.00 bits per heavy atom. The van der Waals surface area contributed by atoms with Gasteiger partial charge in [-0.1, -0.05) is 128 Å². The zero-order chi connectivity index (χ0) is 42.3. The number of nitrogens with one attached hydrogen (secondary N) is 2. The number of benzene rings is 2. The van der Waals surface area contributed by atoms with Crippen LogP contribution in [0.5, 0.6) is 0 Å². The van der Waals surface area contributed by atoms with Crippen molar-refractivity contribution in [3.63, 3.8) is 0 Å². The van der Waals surface area contributed by atoms with Crippen molar-refractivity contribution in [2.75, 3.05) is 32.8 Å². The molecule has 0 amide bonds. The van der Waals surface area contributed by atoms with Crippen LogP contribution in [0.4, 0.5) is 0 Å². The zero-order valence-electron chi connectivity index (χ0n) is 36.3. The molecule has 0 heterocycles.